The average molecular weight is 363 g/mol. The van der Waals surface area contributed by atoms with Crippen molar-refractivity contribution in [2.45, 2.75) is 38.8 Å². The molecule has 5 nitrogen and oxygen atoms in total. The fourth-order valence-electron chi connectivity index (χ4n) is 4.15. The van der Waals surface area contributed by atoms with Gasteiger partial charge in [-0.15, -0.1) is 0 Å². The normalized spacial score (nSPS) is 25.3. The molecule has 0 aliphatic carbocycles. The van der Waals surface area contributed by atoms with Gasteiger partial charge in [0.25, 0.3) is 0 Å². The molecule has 0 saturated carbocycles. The number of methoxy groups -OCH3 is 1. The molecule has 2 aliphatic rings. The molecule has 2 saturated heterocycles. The topological polar surface area (TPSA) is 34.2 Å². The van der Waals surface area contributed by atoms with Crippen LogP contribution in [0.3, 0.4) is 0 Å². The van der Waals surface area contributed by atoms with Crippen molar-refractivity contribution in [2.75, 3.05) is 59.7 Å². The molecule has 0 N–H and O–H groups in total. The molecular weight excluding hydrogens is 328 g/mol. The Kier molecular flexibility index (Phi) is 7.32. The van der Waals surface area contributed by atoms with Gasteiger partial charge in [-0.2, -0.15) is 0 Å². The van der Waals surface area contributed by atoms with Gasteiger partial charge in [-0.25, -0.2) is 0 Å². The number of ether oxygens (including phenoxy) is 3. The molecular formula is C21H34N2O3. The van der Waals surface area contributed by atoms with E-state index in [1.54, 1.807) is 7.11 Å². The minimum Gasteiger partial charge on any atom is -0.493 e. The van der Waals surface area contributed by atoms with Gasteiger partial charge in [0.15, 0.2) is 0 Å². The van der Waals surface area contributed by atoms with Gasteiger partial charge in [-0.1, -0.05) is 18.2 Å². The first-order chi connectivity index (χ1) is 12.7. The number of nitrogens with zero attached hydrogens (tertiary/aromatic N) is 2. The summed E-state index contributed by atoms with van der Waals surface area (Å²) in [6.45, 7) is 12.3. The lowest BCUT2D eigenvalue weighted by Gasteiger charge is -2.43. The van der Waals surface area contributed by atoms with E-state index in [4.69, 9.17) is 14.2 Å². The summed E-state index contributed by atoms with van der Waals surface area (Å²) in [5.41, 5.74) is 2.45. The number of piperazine rings is 1. The molecule has 2 unspecified atom stereocenters. The van der Waals surface area contributed by atoms with Crippen LogP contribution < -0.4 is 4.74 Å². The molecule has 5 heteroatoms. The Bertz CT molecular complexity index is 538. The third-order valence-corrected chi connectivity index (χ3v) is 5.72. The van der Waals surface area contributed by atoms with Crippen LogP contribution in [0.15, 0.2) is 18.2 Å². The average Bonchev–Trinajstić information content (AvgIpc) is 2.67. The third kappa shape index (κ3) is 4.97. The molecule has 3 rings (SSSR count). The fourth-order valence-corrected chi connectivity index (χ4v) is 4.15. The van der Waals surface area contributed by atoms with Crippen LogP contribution in [0.25, 0.3) is 0 Å². The van der Waals surface area contributed by atoms with Crippen molar-refractivity contribution in [3.05, 3.63) is 29.3 Å². The Morgan fingerprint density at radius 1 is 1.12 bits per heavy atom. The standard InChI is InChI=1S/C21H34N2O3/c1-17-6-4-7-18(2)21(17)26-14-5-9-22-10-12-23(13-11-22)19-8-15-25-16-20(19)24-3/h4,6-7,19-20H,5,8-16H2,1-3H3. The SMILES string of the molecule is COC1COCCC1N1CCN(CCCOc2c(C)cccc2C)CC1. The highest BCUT2D eigenvalue weighted by Crippen LogP contribution is 2.22. The smallest absolute Gasteiger partial charge is 0.125 e. The van der Waals surface area contributed by atoms with Crippen molar-refractivity contribution in [1.82, 2.24) is 9.80 Å². The quantitative estimate of drug-likeness (QED) is 0.696. The second-order valence-electron chi connectivity index (χ2n) is 7.51. The Labute approximate surface area is 158 Å². The minimum atomic E-state index is 0.223. The second kappa shape index (κ2) is 9.70. The van der Waals surface area contributed by atoms with E-state index >= 15 is 0 Å². The molecule has 146 valence electrons. The highest BCUT2D eigenvalue weighted by Gasteiger charge is 2.32. The van der Waals surface area contributed by atoms with Crippen LogP contribution in [0.2, 0.25) is 0 Å². The fraction of sp³-hybridized carbons (Fsp3) is 0.714. The summed E-state index contributed by atoms with van der Waals surface area (Å²) < 4.78 is 17.2. The molecule has 0 radical (unpaired) electrons. The van der Waals surface area contributed by atoms with Crippen LogP contribution in [0.4, 0.5) is 0 Å². The lowest BCUT2D eigenvalue weighted by atomic mass is 10.0. The molecule has 0 amide bonds. The highest BCUT2D eigenvalue weighted by atomic mass is 16.5. The van der Waals surface area contributed by atoms with Crippen molar-refractivity contribution < 1.29 is 14.2 Å². The molecule has 2 heterocycles. The van der Waals surface area contributed by atoms with Crippen LogP contribution in [0.1, 0.15) is 24.0 Å². The zero-order valence-electron chi connectivity index (χ0n) is 16.6. The van der Waals surface area contributed by atoms with Crippen molar-refractivity contribution in [1.29, 1.82) is 0 Å². The predicted molar refractivity (Wildman–Crippen MR) is 104 cm³/mol. The highest BCUT2D eigenvalue weighted by molar-refractivity contribution is 5.39. The first-order valence-electron chi connectivity index (χ1n) is 9.95. The number of para-hydroxylation sites is 1. The summed E-state index contributed by atoms with van der Waals surface area (Å²) >= 11 is 0. The van der Waals surface area contributed by atoms with Gasteiger partial charge >= 0.3 is 0 Å². The summed E-state index contributed by atoms with van der Waals surface area (Å²) in [5.74, 6) is 1.06. The minimum absolute atomic E-state index is 0.223. The van der Waals surface area contributed by atoms with E-state index in [2.05, 4.69) is 41.8 Å². The van der Waals surface area contributed by atoms with Gasteiger partial charge in [0.05, 0.1) is 19.3 Å². The summed E-state index contributed by atoms with van der Waals surface area (Å²) in [7, 11) is 1.80. The lowest BCUT2D eigenvalue weighted by Crippen LogP contribution is -2.56. The predicted octanol–water partition coefficient (Wildman–Crippen LogP) is 2.49. The van der Waals surface area contributed by atoms with Gasteiger partial charge in [0.1, 0.15) is 5.75 Å². The van der Waals surface area contributed by atoms with Gasteiger partial charge in [-0.05, 0) is 37.8 Å². The van der Waals surface area contributed by atoms with Gasteiger partial charge in [0, 0.05) is 52.5 Å². The monoisotopic (exact) mass is 362 g/mol. The van der Waals surface area contributed by atoms with Crippen LogP contribution in [-0.4, -0.2) is 81.6 Å². The zero-order chi connectivity index (χ0) is 18.4. The number of aryl methyl sites for hydroxylation is 2. The summed E-state index contributed by atoms with van der Waals surface area (Å²) in [6.07, 6.45) is 2.38. The first kappa shape index (κ1) is 19.6. The lowest BCUT2D eigenvalue weighted by molar-refractivity contribution is -0.0901. The molecule has 26 heavy (non-hydrogen) atoms. The van der Waals surface area contributed by atoms with Crippen molar-refractivity contribution in [2.24, 2.45) is 0 Å². The molecule has 0 spiro atoms. The van der Waals surface area contributed by atoms with Gasteiger partial charge in [0.2, 0.25) is 0 Å². The maximum Gasteiger partial charge on any atom is 0.125 e. The first-order valence-corrected chi connectivity index (χ1v) is 9.95. The molecule has 2 fully saturated rings. The van der Waals surface area contributed by atoms with Crippen LogP contribution >= 0.6 is 0 Å². The molecule has 0 aromatic heterocycles. The van der Waals surface area contributed by atoms with Crippen LogP contribution in [0.5, 0.6) is 5.75 Å². The van der Waals surface area contributed by atoms with E-state index in [1.807, 2.05) is 0 Å². The summed E-state index contributed by atoms with van der Waals surface area (Å²) in [6, 6.07) is 6.84. The third-order valence-electron chi connectivity index (χ3n) is 5.72. The van der Waals surface area contributed by atoms with Crippen LogP contribution in [-0.2, 0) is 9.47 Å². The Morgan fingerprint density at radius 3 is 2.54 bits per heavy atom. The Balaban J connectivity index is 1.36. The molecule has 0 bridgehead atoms. The number of rotatable bonds is 7. The van der Waals surface area contributed by atoms with E-state index in [9.17, 15) is 0 Å². The van der Waals surface area contributed by atoms with E-state index in [0.717, 1.165) is 71.1 Å². The van der Waals surface area contributed by atoms with Gasteiger partial charge in [-0.3, -0.25) is 4.90 Å². The summed E-state index contributed by atoms with van der Waals surface area (Å²) in [5, 5.41) is 0. The van der Waals surface area contributed by atoms with Crippen molar-refractivity contribution >= 4 is 0 Å². The maximum absolute atomic E-state index is 6.04. The summed E-state index contributed by atoms with van der Waals surface area (Å²) in [4.78, 5) is 5.16. The maximum atomic E-state index is 6.04. The van der Waals surface area contributed by atoms with E-state index in [-0.39, 0.29) is 6.10 Å². The van der Waals surface area contributed by atoms with Crippen molar-refractivity contribution in [3.63, 3.8) is 0 Å². The Hall–Kier alpha value is -1.14. The zero-order valence-corrected chi connectivity index (χ0v) is 16.6. The molecule has 1 aromatic carbocycles. The van der Waals surface area contributed by atoms with Crippen LogP contribution in [0, 0.1) is 13.8 Å². The largest absolute Gasteiger partial charge is 0.493 e. The van der Waals surface area contributed by atoms with Crippen molar-refractivity contribution in [3.8, 4) is 5.75 Å². The molecule has 1 aromatic rings. The van der Waals surface area contributed by atoms with E-state index in [0.29, 0.717) is 6.04 Å². The number of hydrogen-bond acceptors (Lipinski definition) is 5. The number of hydrogen-bond donors (Lipinski definition) is 0. The number of benzene rings is 1. The van der Waals surface area contributed by atoms with E-state index in [1.165, 1.54) is 11.1 Å². The molecule has 2 atom stereocenters. The Morgan fingerprint density at radius 2 is 1.85 bits per heavy atom. The second-order valence-corrected chi connectivity index (χ2v) is 7.51. The molecule has 2 aliphatic heterocycles. The van der Waals surface area contributed by atoms with E-state index < -0.39 is 0 Å². The van der Waals surface area contributed by atoms with Gasteiger partial charge < -0.3 is 19.1 Å².